The number of para-hydroxylation sites is 1. The Morgan fingerprint density at radius 2 is 2.13 bits per heavy atom. The van der Waals surface area contributed by atoms with Crippen molar-refractivity contribution in [1.29, 1.82) is 0 Å². The van der Waals surface area contributed by atoms with Gasteiger partial charge in [0, 0.05) is 6.07 Å². The van der Waals surface area contributed by atoms with E-state index in [0.717, 1.165) is 17.8 Å². The first-order chi connectivity index (χ1) is 10.9. The Hall–Kier alpha value is -2.28. The molecule has 2 aromatic rings. The summed E-state index contributed by atoms with van der Waals surface area (Å²) >= 11 is 1.32. The zero-order valence-corrected chi connectivity index (χ0v) is 14.1. The van der Waals surface area contributed by atoms with Crippen LogP contribution < -0.4 is 0 Å². The molecule has 1 heterocycles. The van der Waals surface area contributed by atoms with Crippen LogP contribution in [0.2, 0.25) is 0 Å². The van der Waals surface area contributed by atoms with Crippen LogP contribution in [0.4, 0.5) is 5.69 Å². The molecule has 0 aliphatic rings. The van der Waals surface area contributed by atoms with Gasteiger partial charge in [0.2, 0.25) is 0 Å². The number of thiazole rings is 1. The number of aromatic nitrogens is 1. The Kier molecular flexibility index (Phi) is 5.44. The van der Waals surface area contributed by atoms with E-state index in [1.165, 1.54) is 17.4 Å². The third-order valence-electron chi connectivity index (χ3n) is 3.35. The molecule has 0 spiro atoms. The first-order valence-corrected chi connectivity index (χ1v) is 8.16. The number of ether oxygens (including phenoxy) is 1. The van der Waals surface area contributed by atoms with Gasteiger partial charge in [-0.05, 0) is 32.8 Å². The Morgan fingerprint density at radius 3 is 2.78 bits per heavy atom. The van der Waals surface area contributed by atoms with Crippen molar-refractivity contribution in [3.8, 4) is 0 Å². The molecule has 0 amide bonds. The Bertz CT molecular complexity index is 727. The maximum Gasteiger partial charge on any atom is 0.350 e. The van der Waals surface area contributed by atoms with E-state index < -0.39 is 17.0 Å². The number of aryl methyl sites for hydroxylation is 2. The monoisotopic (exact) mass is 334 g/mol. The molecule has 0 aliphatic carbocycles. The molecular weight excluding hydrogens is 316 g/mol. The van der Waals surface area contributed by atoms with Crippen LogP contribution in [0.5, 0.6) is 0 Å². The summed E-state index contributed by atoms with van der Waals surface area (Å²) in [7, 11) is 0. The minimum absolute atomic E-state index is 0.0551. The molecule has 6 nitrogen and oxygen atoms in total. The van der Waals surface area contributed by atoms with Gasteiger partial charge >= 0.3 is 5.97 Å². The van der Waals surface area contributed by atoms with Gasteiger partial charge in [-0.25, -0.2) is 9.78 Å². The number of hydrogen-bond donors (Lipinski definition) is 0. The van der Waals surface area contributed by atoms with Gasteiger partial charge in [0.1, 0.15) is 11.0 Å². The molecule has 7 heteroatoms. The van der Waals surface area contributed by atoms with Crippen molar-refractivity contribution in [1.82, 2.24) is 4.98 Å². The highest BCUT2D eigenvalue weighted by molar-refractivity contribution is 7.13. The highest BCUT2D eigenvalue weighted by Gasteiger charge is 2.24. The fourth-order valence-corrected chi connectivity index (χ4v) is 3.29. The summed E-state index contributed by atoms with van der Waals surface area (Å²) in [5.74, 6) is -0.493. The topological polar surface area (TPSA) is 82.3 Å². The molecule has 0 N–H and O–H groups in total. The van der Waals surface area contributed by atoms with Gasteiger partial charge in [-0.1, -0.05) is 19.1 Å². The highest BCUT2D eigenvalue weighted by atomic mass is 32.1. The average Bonchev–Trinajstić information content (AvgIpc) is 2.88. The Labute approximate surface area is 138 Å². The number of rotatable bonds is 6. The summed E-state index contributed by atoms with van der Waals surface area (Å²) < 4.78 is 5.41. The summed E-state index contributed by atoms with van der Waals surface area (Å²) in [5, 5.41) is 12.0. The van der Waals surface area contributed by atoms with Gasteiger partial charge in [-0.3, -0.25) is 10.1 Å². The minimum Gasteiger partial charge on any atom is -0.453 e. The molecule has 2 rings (SSSR count). The van der Waals surface area contributed by atoms with Crippen molar-refractivity contribution in [3.05, 3.63) is 55.5 Å². The predicted octanol–water partition coefficient (Wildman–Crippen LogP) is 4.23. The van der Waals surface area contributed by atoms with Gasteiger partial charge in [-0.2, -0.15) is 0 Å². The van der Waals surface area contributed by atoms with Crippen LogP contribution in [0.25, 0.3) is 0 Å². The predicted molar refractivity (Wildman–Crippen MR) is 87.8 cm³/mol. The Balaban J connectivity index is 2.19. The van der Waals surface area contributed by atoms with E-state index in [0.29, 0.717) is 16.1 Å². The summed E-state index contributed by atoms with van der Waals surface area (Å²) in [6, 6.07) is 6.26. The van der Waals surface area contributed by atoms with E-state index in [2.05, 4.69) is 4.98 Å². The van der Waals surface area contributed by atoms with E-state index in [-0.39, 0.29) is 5.69 Å². The van der Waals surface area contributed by atoms with Crippen molar-refractivity contribution in [2.45, 2.75) is 39.7 Å². The molecule has 1 atom stereocenters. The van der Waals surface area contributed by atoms with E-state index >= 15 is 0 Å². The van der Waals surface area contributed by atoms with Gasteiger partial charge in [0.05, 0.1) is 21.2 Å². The van der Waals surface area contributed by atoms with Crippen LogP contribution >= 0.6 is 11.3 Å². The summed E-state index contributed by atoms with van der Waals surface area (Å²) in [4.78, 5) is 27.7. The number of carbonyl (C=O) groups excluding carboxylic acids is 1. The van der Waals surface area contributed by atoms with Crippen molar-refractivity contribution >= 4 is 23.0 Å². The van der Waals surface area contributed by atoms with Crippen LogP contribution in [0.3, 0.4) is 0 Å². The van der Waals surface area contributed by atoms with E-state index in [1.807, 2.05) is 6.92 Å². The first-order valence-electron chi connectivity index (χ1n) is 7.34. The molecule has 122 valence electrons. The molecule has 0 saturated heterocycles. The number of nitrogens with zero attached hydrogens (tertiary/aromatic N) is 2. The molecule has 0 radical (unpaired) electrons. The maximum atomic E-state index is 12.3. The zero-order chi connectivity index (χ0) is 17.0. The first kappa shape index (κ1) is 17.1. The molecule has 0 saturated carbocycles. The van der Waals surface area contributed by atoms with Crippen molar-refractivity contribution in [2.75, 3.05) is 0 Å². The fourth-order valence-electron chi connectivity index (χ4n) is 2.24. The van der Waals surface area contributed by atoms with E-state index in [1.54, 1.807) is 32.0 Å². The third kappa shape index (κ3) is 3.92. The normalized spacial score (nSPS) is 12.0. The quantitative estimate of drug-likeness (QED) is 0.448. The second-order valence-electron chi connectivity index (χ2n) is 5.14. The lowest BCUT2D eigenvalue weighted by Crippen LogP contribution is -2.10. The van der Waals surface area contributed by atoms with Gasteiger partial charge in [0.15, 0.2) is 0 Å². The van der Waals surface area contributed by atoms with Gasteiger partial charge in [-0.15, -0.1) is 11.3 Å². The van der Waals surface area contributed by atoms with Crippen LogP contribution in [-0.4, -0.2) is 15.9 Å². The molecule has 0 bridgehead atoms. The molecule has 23 heavy (non-hydrogen) atoms. The van der Waals surface area contributed by atoms with Gasteiger partial charge < -0.3 is 4.74 Å². The maximum absolute atomic E-state index is 12.3. The summed E-state index contributed by atoms with van der Waals surface area (Å²) in [6.45, 7) is 5.44. The molecule has 0 fully saturated rings. The second kappa shape index (κ2) is 7.32. The van der Waals surface area contributed by atoms with Crippen LogP contribution in [0.1, 0.15) is 52.3 Å². The molecule has 1 aromatic heterocycles. The number of esters is 1. The second-order valence-corrected chi connectivity index (χ2v) is 6.22. The third-order valence-corrected chi connectivity index (χ3v) is 4.54. The molecule has 0 aliphatic heterocycles. The number of carbonyl (C=O) groups is 1. The summed E-state index contributed by atoms with van der Waals surface area (Å²) in [5.41, 5.74) is 0.959. The largest absolute Gasteiger partial charge is 0.453 e. The van der Waals surface area contributed by atoms with Crippen molar-refractivity contribution in [2.24, 2.45) is 0 Å². The lowest BCUT2D eigenvalue weighted by Gasteiger charge is -2.13. The van der Waals surface area contributed by atoms with Crippen molar-refractivity contribution < 1.29 is 14.5 Å². The minimum atomic E-state index is -0.708. The number of nitro benzene ring substituents is 1. The van der Waals surface area contributed by atoms with Gasteiger partial charge in [0.25, 0.3) is 5.69 Å². The average molecular weight is 334 g/mol. The SMILES string of the molecule is CCCc1nc(C)c(C(=O)OC(C)c2ccccc2[N+](=O)[O-])s1. The van der Waals surface area contributed by atoms with E-state index in [9.17, 15) is 14.9 Å². The Morgan fingerprint density at radius 1 is 1.43 bits per heavy atom. The standard InChI is InChI=1S/C16H18N2O4S/c1-4-7-14-17-10(2)15(23-14)16(19)22-11(3)12-8-5-6-9-13(12)18(20)21/h5-6,8-9,11H,4,7H2,1-3H3. The molecule has 1 unspecified atom stereocenters. The van der Waals surface area contributed by atoms with Crippen LogP contribution in [-0.2, 0) is 11.2 Å². The number of benzene rings is 1. The van der Waals surface area contributed by atoms with E-state index in [4.69, 9.17) is 4.74 Å². The molecular formula is C16H18N2O4S. The van der Waals surface area contributed by atoms with Crippen LogP contribution in [0, 0.1) is 17.0 Å². The highest BCUT2D eigenvalue weighted by Crippen LogP contribution is 2.29. The number of nitro groups is 1. The number of hydrogen-bond acceptors (Lipinski definition) is 6. The molecule has 1 aromatic carbocycles. The fraction of sp³-hybridized carbons (Fsp3) is 0.375. The smallest absolute Gasteiger partial charge is 0.350 e. The van der Waals surface area contributed by atoms with Crippen LogP contribution in [0.15, 0.2) is 24.3 Å². The zero-order valence-electron chi connectivity index (χ0n) is 13.2. The summed E-state index contributed by atoms with van der Waals surface area (Å²) in [6.07, 6.45) is 1.06. The lowest BCUT2D eigenvalue weighted by atomic mass is 10.1. The van der Waals surface area contributed by atoms with Crippen molar-refractivity contribution in [3.63, 3.8) is 0 Å². The lowest BCUT2D eigenvalue weighted by molar-refractivity contribution is -0.386.